The van der Waals surface area contributed by atoms with Gasteiger partial charge >= 0.3 is 5.97 Å². The first-order chi connectivity index (χ1) is 7.85. The minimum atomic E-state index is -3.53. The van der Waals surface area contributed by atoms with Crippen molar-refractivity contribution in [2.45, 2.75) is 18.9 Å². The van der Waals surface area contributed by atoms with Crippen LogP contribution in [0, 0.1) is 0 Å². The van der Waals surface area contributed by atoms with E-state index < -0.39 is 15.8 Å². The highest BCUT2D eigenvalue weighted by atomic mass is 79.9. The number of carbonyl (C=O) groups excluding carboxylic acids is 1. The Morgan fingerprint density at radius 2 is 2.06 bits per heavy atom. The normalized spacial score (nSPS) is 11.5. The van der Waals surface area contributed by atoms with Gasteiger partial charge in [0.1, 0.15) is 0 Å². The minimum Gasteiger partial charge on any atom is -0.461 e. The fourth-order valence-corrected chi connectivity index (χ4v) is 2.96. The standard InChI is InChI=1S/C9H13BrN2O4S/c1-4-16-8(13)6-7(17(14,15)5-2)12(3)9(10)11-6/h4-5H2,1-3H3. The largest absolute Gasteiger partial charge is 0.461 e. The molecule has 17 heavy (non-hydrogen) atoms. The first kappa shape index (κ1) is 14.2. The van der Waals surface area contributed by atoms with Crippen LogP contribution in [0.4, 0.5) is 0 Å². The SMILES string of the molecule is CCOC(=O)c1nc(Br)n(C)c1S(=O)(=O)CC. The Hall–Kier alpha value is -0.890. The van der Waals surface area contributed by atoms with Gasteiger partial charge in [-0.25, -0.2) is 18.2 Å². The van der Waals surface area contributed by atoms with E-state index in [1.165, 1.54) is 18.5 Å². The molecule has 0 spiro atoms. The van der Waals surface area contributed by atoms with Crippen LogP contribution in [-0.2, 0) is 21.6 Å². The molecule has 0 aromatic carbocycles. The fourth-order valence-electron chi connectivity index (χ4n) is 1.28. The molecule has 1 aromatic rings. The average molecular weight is 325 g/mol. The predicted molar refractivity (Wildman–Crippen MR) is 64.6 cm³/mol. The van der Waals surface area contributed by atoms with Crippen molar-refractivity contribution in [3.63, 3.8) is 0 Å². The van der Waals surface area contributed by atoms with Crippen LogP contribution in [0.5, 0.6) is 0 Å². The summed E-state index contributed by atoms with van der Waals surface area (Å²) in [6.45, 7) is 3.31. The molecule has 8 heteroatoms. The van der Waals surface area contributed by atoms with Crippen LogP contribution in [0.2, 0.25) is 0 Å². The number of hydrogen-bond acceptors (Lipinski definition) is 5. The third-order valence-corrected chi connectivity index (χ3v) is 4.66. The highest BCUT2D eigenvalue weighted by molar-refractivity contribution is 9.10. The summed E-state index contributed by atoms with van der Waals surface area (Å²) in [6.07, 6.45) is 0. The summed E-state index contributed by atoms with van der Waals surface area (Å²) in [5.41, 5.74) is -0.178. The van der Waals surface area contributed by atoms with E-state index in [1.54, 1.807) is 6.92 Å². The summed E-state index contributed by atoms with van der Waals surface area (Å²) in [5, 5.41) is -0.120. The Kier molecular flexibility index (Phi) is 4.31. The van der Waals surface area contributed by atoms with Crippen molar-refractivity contribution < 1.29 is 17.9 Å². The van der Waals surface area contributed by atoms with Crippen molar-refractivity contribution in [1.29, 1.82) is 0 Å². The van der Waals surface area contributed by atoms with Crippen molar-refractivity contribution in [2.75, 3.05) is 12.4 Å². The summed E-state index contributed by atoms with van der Waals surface area (Å²) >= 11 is 3.09. The molecule has 0 unspecified atom stereocenters. The van der Waals surface area contributed by atoms with E-state index in [1.807, 2.05) is 0 Å². The van der Waals surface area contributed by atoms with Gasteiger partial charge in [-0.05, 0) is 22.9 Å². The number of hydrogen-bond donors (Lipinski definition) is 0. The predicted octanol–water partition coefficient (Wildman–Crippen LogP) is 1.15. The first-order valence-corrected chi connectivity index (χ1v) is 7.41. The molecule has 1 rings (SSSR count). The van der Waals surface area contributed by atoms with Gasteiger partial charge in [0.15, 0.2) is 25.3 Å². The number of halogens is 1. The lowest BCUT2D eigenvalue weighted by Crippen LogP contribution is -2.15. The third kappa shape index (κ3) is 2.68. The molecule has 1 aromatic heterocycles. The second-order valence-corrected chi connectivity index (χ2v) is 6.12. The van der Waals surface area contributed by atoms with Gasteiger partial charge in [0, 0.05) is 7.05 Å². The Morgan fingerprint density at radius 3 is 2.53 bits per heavy atom. The molecule has 0 radical (unpaired) electrons. The van der Waals surface area contributed by atoms with Gasteiger partial charge in [0.05, 0.1) is 12.4 Å². The Balaban J connectivity index is 3.43. The van der Waals surface area contributed by atoms with Gasteiger partial charge in [0.2, 0.25) is 0 Å². The number of sulfone groups is 1. The molecule has 0 aliphatic carbocycles. The maximum absolute atomic E-state index is 11.9. The van der Waals surface area contributed by atoms with Gasteiger partial charge in [-0.15, -0.1) is 0 Å². The molecule has 0 amide bonds. The maximum atomic E-state index is 11.9. The lowest BCUT2D eigenvalue weighted by Gasteiger charge is -2.05. The number of nitrogens with zero attached hydrogens (tertiary/aromatic N) is 2. The van der Waals surface area contributed by atoms with E-state index in [0.717, 1.165) is 0 Å². The highest BCUT2D eigenvalue weighted by Gasteiger charge is 2.29. The number of rotatable bonds is 4. The van der Waals surface area contributed by atoms with Crippen molar-refractivity contribution >= 4 is 31.7 Å². The Labute approximate surface area is 108 Å². The molecule has 0 N–H and O–H groups in total. The zero-order valence-electron chi connectivity index (χ0n) is 9.73. The van der Waals surface area contributed by atoms with Crippen molar-refractivity contribution in [2.24, 2.45) is 7.05 Å². The Bertz CT molecular complexity index is 535. The van der Waals surface area contributed by atoms with Gasteiger partial charge in [0.25, 0.3) is 0 Å². The van der Waals surface area contributed by atoms with E-state index in [9.17, 15) is 13.2 Å². The molecule has 6 nitrogen and oxygen atoms in total. The summed E-state index contributed by atoms with van der Waals surface area (Å²) in [4.78, 5) is 15.5. The van der Waals surface area contributed by atoms with Gasteiger partial charge in [-0.1, -0.05) is 6.92 Å². The lowest BCUT2D eigenvalue weighted by atomic mass is 10.5. The summed E-state index contributed by atoms with van der Waals surface area (Å²) in [6, 6.07) is 0. The van der Waals surface area contributed by atoms with Gasteiger partial charge < -0.3 is 9.30 Å². The van der Waals surface area contributed by atoms with Crippen LogP contribution in [-0.4, -0.2) is 36.3 Å². The van der Waals surface area contributed by atoms with Crippen LogP contribution < -0.4 is 0 Å². The molecule has 0 atom stereocenters. The van der Waals surface area contributed by atoms with Gasteiger partial charge in [-0.2, -0.15) is 0 Å². The molecule has 1 heterocycles. The monoisotopic (exact) mass is 324 g/mol. The topological polar surface area (TPSA) is 78.3 Å². The molecule has 0 saturated heterocycles. The number of imidazole rings is 1. The van der Waals surface area contributed by atoms with Crippen LogP contribution >= 0.6 is 15.9 Å². The second-order valence-electron chi connectivity index (χ2n) is 3.22. The van der Waals surface area contributed by atoms with Crippen LogP contribution in [0.25, 0.3) is 0 Å². The molecular weight excluding hydrogens is 312 g/mol. The zero-order chi connectivity index (χ0) is 13.2. The summed E-state index contributed by atoms with van der Waals surface area (Å²) < 4.78 is 30.1. The minimum absolute atomic E-state index is 0.106. The second kappa shape index (κ2) is 5.18. The molecule has 96 valence electrons. The molecule has 0 fully saturated rings. The smallest absolute Gasteiger partial charge is 0.359 e. The van der Waals surface area contributed by atoms with Crippen LogP contribution in [0.3, 0.4) is 0 Å². The lowest BCUT2D eigenvalue weighted by molar-refractivity contribution is 0.0514. The van der Waals surface area contributed by atoms with Crippen LogP contribution in [0.15, 0.2) is 9.76 Å². The number of ether oxygens (including phenoxy) is 1. The molecule has 0 bridgehead atoms. The average Bonchev–Trinajstić information content (AvgIpc) is 2.56. The highest BCUT2D eigenvalue weighted by Crippen LogP contribution is 2.22. The molecule has 0 saturated carbocycles. The van der Waals surface area contributed by atoms with E-state index in [0.29, 0.717) is 0 Å². The van der Waals surface area contributed by atoms with E-state index in [2.05, 4.69) is 20.9 Å². The van der Waals surface area contributed by atoms with Crippen molar-refractivity contribution in [3.8, 4) is 0 Å². The number of esters is 1. The van der Waals surface area contributed by atoms with Gasteiger partial charge in [-0.3, -0.25) is 0 Å². The fraction of sp³-hybridized carbons (Fsp3) is 0.556. The molecular formula is C9H13BrN2O4S. The van der Waals surface area contributed by atoms with Crippen molar-refractivity contribution in [3.05, 3.63) is 10.4 Å². The number of aromatic nitrogens is 2. The Morgan fingerprint density at radius 1 is 1.47 bits per heavy atom. The van der Waals surface area contributed by atoms with Crippen LogP contribution in [0.1, 0.15) is 24.3 Å². The zero-order valence-corrected chi connectivity index (χ0v) is 12.1. The first-order valence-electron chi connectivity index (χ1n) is 4.97. The number of carbonyl (C=O) groups is 1. The summed E-state index contributed by atoms with van der Waals surface area (Å²) in [7, 11) is -2.02. The maximum Gasteiger partial charge on any atom is 0.359 e. The third-order valence-electron chi connectivity index (χ3n) is 2.13. The summed E-state index contributed by atoms with van der Waals surface area (Å²) in [5.74, 6) is -0.841. The molecule has 0 aliphatic heterocycles. The molecule has 0 aliphatic rings. The quantitative estimate of drug-likeness (QED) is 0.776. The van der Waals surface area contributed by atoms with E-state index >= 15 is 0 Å². The van der Waals surface area contributed by atoms with E-state index in [4.69, 9.17) is 4.74 Å². The van der Waals surface area contributed by atoms with Crippen molar-refractivity contribution in [1.82, 2.24) is 9.55 Å². The van der Waals surface area contributed by atoms with E-state index in [-0.39, 0.29) is 27.8 Å².